The lowest BCUT2D eigenvalue weighted by molar-refractivity contribution is -0.114. The summed E-state index contributed by atoms with van der Waals surface area (Å²) in [6, 6.07) is 11.9. The van der Waals surface area contributed by atoms with Gasteiger partial charge in [-0.05, 0) is 61.7 Å². The van der Waals surface area contributed by atoms with Crippen LogP contribution in [0.4, 0.5) is 11.4 Å². The van der Waals surface area contributed by atoms with Crippen LogP contribution in [-0.4, -0.2) is 12.5 Å². The van der Waals surface area contributed by atoms with E-state index in [4.69, 9.17) is 0 Å². The van der Waals surface area contributed by atoms with Gasteiger partial charge in [-0.1, -0.05) is 28.1 Å². The maximum atomic E-state index is 11.9. The topological polar surface area (TPSA) is 41.1 Å². The van der Waals surface area contributed by atoms with E-state index in [2.05, 4.69) is 33.5 Å². The maximum Gasteiger partial charge on any atom is 0.243 e. The van der Waals surface area contributed by atoms with Gasteiger partial charge in [0.2, 0.25) is 5.91 Å². The average Bonchev–Trinajstić information content (AvgIpc) is 2.44. The van der Waals surface area contributed by atoms with Crippen LogP contribution in [0.25, 0.3) is 0 Å². The zero-order chi connectivity index (χ0) is 15.4. The SMILES string of the molecule is Cc1ccc(NC(=O)CNc2ccc(C)c(Br)c2)cc1C. The van der Waals surface area contributed by atoms with Crippen molar-refractivity contribution < 1.29 is 4.79 Å². The van der Waals surface area contributed by atoms with E-state index in [1.165, 1.54) is 16.7 Å². The number of carbonyl (C=O) groups is 1. The van der Waals surface area contributed by atoms with Crippen LogP contribution in [0.15, 0.2) is 40.9 Å². The number of hydrogen-bond acceptors (Lipinski definition) is 2. The second-order valence-electron chi connectivity index (χ2n) is 5.16. The highest BCUT2D eigenvalue weighted by Crippen LogP contribution is 2.20. The van der Waals surface area contributed by atoms with E-state index < -0.39 is 0 Å². The Hall–Kier alpha value is -1.81. The van der Waals surface area contributed by atoms with Crippen LogP contribution in [0.5, 0.6) is 0 Å². The van der Waals surface area contributed by atoms with Gasteiger partial charge in [0.05, 0.1) is 6.54 Å². The van der Waals surface area contributed by atoms with Crippen molar-refractivity contribution in [2.75, 3.05) is 17.2 Å². The third-order valence-electron chi connectivity index (χ3n) is 3.42. The van der Waals surface area contributed by atoms with Gasteiger partial charge in [0.15, 0.2) is 0 Å². The highest BCUT2D eigenvalue weighted by Gasteiger charge is 2.04. The van der Waals surface area contributed by atoms with Gasteiger partial charge in [0.1, 0.15) is 0 Å². The number of rotatable bonds is 4. The van der Waals surface area contributed by atoms with E-state index in [0.717, 1.165) is 15.8 Å². The summed E-state index contributed by atoms with van der Waals surface area (Å²) in [4.78, 5) is 11.9. The molecule has 21 heavy (non-hydrogen) atoms. The van der Waals surface area contributed by atoms with Crippen LogP contribution in [0.1, 0.15) is 16.7 Å². The van der Waals surface area contributed by atoms with Crippen molar-refractivity contribution in [3.8, 4) is 0 Å². The van der Waals surface area contributed by atoms with Gasteiger partial charge in [0.25, 0.3) is 0 Å². The Bertz CT molecular complexity index is 668. The maximum absolute atomic E-state index is 11.9. The molecule has 0 radical (unpaired) electrons. The predicted octanol–water partition coefficient (Wildman–Crippen LogP) is 4.42. The first kappa shape index (κ1) is 15.6. The summed E-state index contributed by atoms with van der Waals surface area (Å²) in [6.07, 6.45) is 0. The molecule has 110 valence electrons. The Labute approximate surface area is 133 Å². The fraction of sp³-hybridized carbons (Fsp3) is 0.235. The number of aryl methyl sites for hydroxylation is 3. The summed E-state index contributed by atoms with van der Waals surface area (Å²) < 4.78 is 1.03. The quantitative estimate of drug-likeness (QED) is 0.859. The molecule has 0 aliphatic heterocycles. The molecule has 3 nitrogen and oxygen atoms in total. The zero-order valence-electron chi connectivity index (χ0n) is 12.5. The van der Waals surface area contributed by atoms with E-state index in [0.29, 0.717) is 0 Å². The minimum atomic E-state index is -0.0602. The molecule has 1 amide bonds. The van der Waals surface area contributed by atoms with Crippen LogP contribution in [-0.2, 0) is 4.79 Å². The molecule has 0 aliphatic rings. The van der Waals surface area contributed by atoms with Crippen molar-refractivity contribution in [2.45, 2.75) is 20.8 Å². The lowest BCUT2D eigenvalue weighted by Crippen LogP contribution is -2.21. The second-order valence-corrected chi connectivity index (χ2v) is 6.02. The fourth-order valence-corrected chi connectivity index (χ4v) is 2.29. The number of benzene rings is 2. The van der Waals surface area contributed by atoms with Crippen molar-refractivity contribution in [1.29, 1.82) is 0 Å². The first-order valence-corrected chi connectivity index (χ1v) is 7.62. The van der Waals surface area contributed by atoms with Crippen molar-refractivity contribution >= 4 is 33.2 Å². The summed E-state index contributed by atoms with van der Waals surface area (Å²) >= 11 is 3.48. The summed E-state index contributed by atoms with van der Waals surface area (Å²) in [5, 5.41) is 6.01. The van der Waals surface area contributed by atoms with Crippen LogP contribution in [0.3, 0.4) is 0 Å². The van der Waals surface area contributed by atoms with Crippen LogP contribution in [0.2, 0.25) is 0 Å². The smallest absolute Gasteiger partial charge is 0.243 e. The van der Waals surface area contributed by atoms with Crippen LogP contribution >= 0.6 is 15.9 Å². The molecule has 2 rings (SSSR count). The molecule has 0 aliphatic carbocycles. The Balaban J connectivity index is 1.92. The molecule has 0 aromatic heterocycles. The number of nitrogens with one attached hydrogen (secondary N) is 2. The Morgan fingerprint density at radius 1 is 0.952 bits per heavy atom. The van der Waals surface area contributed by atoms with Crippen molar-refractivity contribution in [3.05, 3.63) is 57.6 Å². The second kappa shape index (κ2) is 6.76. The Kier molecular flexibility index (Phi) is 5.02. The molecule has 0 atom stereocenters. The molecule has 0 unspecified atom stereocenters. The fourth-order valence-electron chi connectivity index (χ4n) is 1.91. The minimum absolute atomic E-state index is 0.0602. The minimum Gasteiger partial charge on any atom is -0.376 e. The number of halogens is 1. The van der Waals surface area contributed by atoms with Gasteiger partial charge in [-0.2, -0.15) is 0 Å². The molecule has 2 aromatic carbocycles. The lowest BCUT2D eigenvalue weighted by atomic mass is 10.1. The molecule has 0 saturated heterocycles. The summed E-state index contributed by atoms with van der Waals surface area (Å²) in [7, 11) is 0. The van der Waals surface area contributed by atoms with Gasteiger partial charge in [-0.15, -0.1) is 0 Å². The molecular weight excluding hydrogens is 328 g/mol. The molecule has 0 saturated carbocycles. The molecule has 2 aromatic rings. The first-order chi connectivity index (χ1) is 9.95. The summed E-state index contributed by atoms with van der Waals surface area (Å²) in [5.74, 6) is -0.0602. The molecule has 0 bridgehead atoms. The monoisotopic (exact) mass is 346 g/mol. The average molecular weight is 347 g/mol. The largest absolute Gasteiger partial charge is 0.376 e. The number of carbonyl (C=O) groups excluding carboxylic acids is 1. The molecule has 2 N–H and O–H groups in total. The third kappa shape index (κ3) is 4.33. The normalized spacial score (nSPS) is 10.3. The standard InChI is InChI=1S/C17H19BrN2O/c1-11-4-7-15(8-13(11)3)20-17(21)10-19-14-6-5-12(2)16(18)9-14/h4-9,19H,10H2,1-3H3,(H,20,21). The van der Waals surface area contributed by atoms with Gasteiger partial charge >= 0.3 is 0 Å². The van der Waals surface area contributed by atoms with E-state index in [1.54, 1.807) is 0 Å². The molecule has 0 spiro atoms. The van der Waals surface area contributed by atoms with E-state index in [-0.39, 0.29) is 12.5 Å². The highest BCUT2D eigenvalue weighted by atomic mass is 79.9. The van der Waals surface area contributed by atoms with E-state index in [1.807, 2.05) is 50.2 Å². The summed E-state index contributed by atoms with van der Waals surface area (Å²) in [6.45, 7) is 6.35. The Morgan fingerprint density at radius 3 is 2.29 bits per heavy atom. The zero-order valence-corrected chi connectivity index (χ0v) is 14.0. The lowest BCUT2D eigenvalue weighted by Gasteiger charge is -2.10. The molecular formula is C17H19BrN2O. The molecule has 0 fully saturated rings. The predicted molar refractivity (Wildman–Crippen MR) is 91.9 cm³/mol. The number of anilines is 2. The van der Waals surface area contributed by atoms with Crippen molar-refractivity contribution in [1.82, 2.24) is 0 Å². The third-order valence-corrected chi connectivity index (χ3v) is 4.27. The Morgan fingerprint density at radius 2 is 1.62 bits per heavy atom. The van der Waals surface area contributed by atoms with Crippen molar-refractivity contribution in [3.63, 3.8) is 0 Å². The van der Waals surface area contributed by atoms with E-state index >= 15 is 0 Å². The summed E-state index contributed by atoms with van der Waals surface area (Å²) in [5.41, 5.74) is 5.30. The van der Waals surface area contributed by atoms with Gasteiger partial charge in [0, 0.05) is 15.8 Å². The van der Waals surface area contributed by atoms with Crippen LogP contribution < -0.4 is 10.6 Å². The number of amides is 1. The molecule has 4 heteroatoms. The first-order valence-electron chi connectivity index (χ1n) is 6.83. The van der Waals surface area contributed by atoms with Gasteiger partial charge in [-0.3, -0.25) is 4.79 Å². The van der Waals surface area contributed by atoms with Gasteiger partial charge < -0.3 is 10.6 Å². The highest BCUT2D eigenvalue weighted by molar-refractivity contribution is 9.10. The van der Waals surface area contributed by atoms with Crippen LogP contribution in [0, 0.1) is 20.8 Å². The molecule has 0 heterocycles. The van der Waals surface area contributed by atoms with Gasteiger partial charge in [-0.25, -0.2) is 0 Å². The van der Waals surface area contributed by atoms with E-state index in [9.17, 15) is 4.79 Å². The van der Waals surface area contributed by atoms with Crippen molar-refractivity contribution in [2.24, 2.45) is 0 Å². The number of hydrogen-bond donors (Lipinski definition) is 2.